The number of benzene rings is 2. The highest BCUT2D eigenvalue weighted by molar-refractivity contribution is 7.98. The number of fused-ring (bicyclic) bond motifs is 1. The fourth-order valence-electron chi connectivity index (χ4n) is 3.34. The number of para-hydroxylation sites is 1. The van der Waals surface area contributed by atoms with Crippen LogP contribution in [0, 0.1) is 12.7 Å². The number of aryl methyl sites for hydroxylation is 1. The van der Waals surface area contributed by atoms with Gasteiger partial charge in [0.2, 0.25) is 11.8 Å². The van der Waals surface area contributed by atoms with Crippen molar-refractivity contribution in [3.05, 3.63) is 81.4 Å². The number of carbonyl (C=O) groups is 2. The van der Waals surface area contributed by atoms with E-state index >= 15 is 0 Å². The van der Waals surface area contributed by atoms with E-state index in [1.807, 2.05) is 19.1 Å². The van der Waals surface area contributed by atoms with Gasteiger partial charge in [-0.25, -0.2) is 9.37 Å². The van der Waals surface area contributed by atoms with Gasteiger partial charge in [0.15, 0.2) is 5.16 Å². The molecule has 0 saturated carbocycles. The standard InChI is InChI=1S/C22H19FN4O3S/c1-12-6-2-5-9-16(12)24-20(29)14-10-17(28)25-19-18(14)21(30)27-22(26-19)31-11-13-7-3-4-8-15(13)23/h2-9,14H,10-11H2,1H3,(H,24,29)(H2,25,26,27,28,30). The normalized spacial score (nSPS) is 15.2. The number of hydrogen-bond acceptors (Lipinski definition) is 5. The molecule has 0 spiro atoms. The van der Waals surface area contributed by atoms with Crippen molar-refractivity contribution < 1.29 is 14.0 Å². The summed E-state index contributed by atoms with van der Waals surface area (Å²) in [6.45, 7) is 1.85. The Labute approximate surface area is 181 Å². The third kappa shape index (κ3) is 4.51. The van der Waals surface area contributed by atoms with E-state index < -0.39 is 23.3 Å². The minimum atomic E-state index is -0.967. The van der Waals surface area contributed by atoms with Gasteiger partial charge >= 0.3 is 0 Å². The summed E-state index contributed by atoms with van der Waals surface area (Å²) in [5.41, 5.74) is 1.55. The van der Waals surface area contributed by atoms with Crippen molar-refractivity contribution in [1.29, 1.82) is 0 Å². The van der Waals surface area contributed by atoms with E-state index in [-0.39, 0.29) is 34.5 Å². The van der Waals surface area contributed by atoms with Crippen LogP contribution < -0.4 is 16.2 Å². The Morgan fingerprint density at radius 1 is 1.19 bits per heavy atom. The Balaban J connectivity index is 1.59. The summed E-state index contributed by atoms with van der Waals surface area (Å²) in [6.07, 6.45) is -0.156. The van der Waals surface area contributed by atoms with E-state index in [1.165, 1.54) is 6.07 Å². The van der Waals surface area contributed by atoms with Crippen LogP contribution >= 0.6 is 11.8 Å². The zero-order chi connectivity index (χ0) is 22.0. The molecule has 9 heteroatoms. The molecule has 0 fully saturated rings. The van der Waals surface area contributed by atoms with Gasteiger partial charge in [-0.15, -0.1) is 0 Å². The summed E-state index contributed by atoms with van der Waals surface area (Å²) >= 11 is 1.13. The zero-order valence-electron chi connectivity index (χ0n) is 16.6. The van der Waals surface area contributed by atoms with Crippen molar-refractivity contribution in [3.63, 3.8) is 0 Å². The number of anilines is 2. The number of aromatic nitrogens is 2. The minimum absolute atomic E-state index is 0.0565. The summed E-state index contributed by atoms with van der Waals surface area (Å²) in [6, 6.07) is 13.6. The van der Waals surface area contributed by atoms with E-state index in [0.29, 0.717) is 11.3 Å². The Morgan fingerprint density at radius 3 is 2.71 bits per heavy atom. The number of nitrogens with one attached hydrogen (secondary N) is 3. The maximum absolute atomic E-state index is 13.8. The Kier molecular flexibility index (Phi) is 5.85. The highest BCUT2D eigenvalue weighted by atomic mass is 32.2. The first-order valence-corrected chi connectivity index (χ1v) is 10.6. The average molecular weight is 438 g/mol. The lowest BCUT2D eigenvalue weighted by atomic mass is 9.92. The number of H-pyrrole nitrogens is 1. The predicted molar refractivity (Wildman–Crippen MR) is 117 cm³/mol. The molecule has 31 heavy (non-hydrogen) atoms. The number of rotatable bonds is 5. The molecule has 0 aliphatic carbocycles. The second kappa shape index (κ2) is 8.73. The van der Waals surface area contributed by atoms with Crippen LogP contribution in [-0.2, 0) is 15.3 Å². The zero-order valence-corrected chi connectivity index (χ0v) is 17.4. The molecule has 2 aromatic carbocycles. The molecule has 158 valence electrons. The molecule has 1 unspecified atom stereocenters. The summed E-state index contributed by atoms with van der Waals surface area (Å²) in [5.74, 6) is -1.87. The van der Waals surface area contributed by atoms with Crippen LogP contribution in [0.4, 0.5) is 15.9 Å². The molecule has 2 amide bonds. The number of hydrogen-bond donors (Lipinski definition) is 3. The minimum Gasteiger partial charge on any atom is -0.325 e. The van der Waals surface area contributed by atoms with Crippen LogP contribution in [0.15, 0.2) is 58.5 Å². The Hall–Kier alpha value is -3.46. The van der Waals surface area contributed by atoms with Gasteiger partial charge in [0.1, 0.15) is 11.6 Å². The van der Waals surface area contributed by atoms with Crippen molar-refractivity contribution in [1.82, 2.24) is 9.97 Å². The van der Waals surface area contributed by atoms with Gasteiger partial charge in [-0.3, -0.25) is 14.4 Å². The molecule has 1 aromatic heterocycles. The Bertz CT molecular complexity index is 1230. The fraction of sp³-hybridized carbons (Fsp3) is 0.182. The molecule has 3 N–H and O–H groups in total. The number of carbonyl (C=O) groups excluding carboxylic acids is 2. The largest absolute Gasteiger partial charge is 0.325 e. The molecule has 1 aliphatic heterocycles. The topological polar surface area (TPSA) is 104 Å². The van der Waals surface area contributed by atoms with E-state index in [9.17, 15) is 18.8 Å². The van der Waals surface area contributed by atoms with E-state index in [2.05, 4.69) is 20.6 Å². The second-order valence-corrected chi connectivity index (χ2v) is 8.09. The van der Waals surface area contributed by atoms with Gasteiger partial charge in [-0.05, 0) is 30.2 Å². The van der Waals surface area contributed by atoms with E-state index in [1.54, 1.807) is 30.3 Å². The lowest BCUT2D eigenvalue weighted by Gasteiger charge is -2.23. The van der Waals surface area contributed by atoms with E-state index in [0.717, 1.165) is 17.3 Å². The number of nitrogens with zero attached hydrogens (tertiary/aromatic N) is 1. The molecule has 1 atom stereocenters. The molecule has 0 radical (unpaired) electrons. The third-order valence-corrected chi connectivity index (χ3v) is 5.89. The predicted octanol–water partition coefficient (Wildman–Crippen LogP) is 3.57. The Morgan fingerprint density at radius 2 is 1.94 bits per heavy atom. The van der Waals surface area contributed by atoms with Crippen LogP contribution in [0.2, 0.25) is 0 Å². The first-order chi connectivity index (χ1) is 14.9. The quantitative estimate of drug-likeness (QED) is 0.417. The lowest BCUT2D eigenvalue weighted by Crippen LogP contribution is -2.36. The van der Waals surface area contributed by atoms with Crippen LogP contribution in [0.25, 0.3) is 0 Å². The molecule has 0 bridgehead atoms. The average Bonchev–Trinajstić information content (AvgIpc) is 2.74. The molecule has 7 nitrogen and oxygen atoms in total. The van der Waals surface area contributed by atoms with Crippen LogP contribution in [0.5, 0.6) is 0 Å². The number of thioether (sulfide) groups is 1. The van der Waals surface area contributed by atoms with Gasteiger partial charge in [0.05, 0.1) is 11.5 Å². The van der Waals surface area contributed by atoms with Gasteiger partial charge < -0.3 is 15.6 Å². The van der Waals surface area contributed by atoms with Crippen LogP contribution in [-0.4, -0.2) is 21.8 Å². The van der Waals surface area contributed by atoms with Crippen molar-refractivity contribution >= 4 is 35.1 Å². The molecule has 4 rings (SSSR count). The molecule has 0 saturated heterocycles. The van der Waals surface area contributed by atoms with Gasteiger partial charge in [0, 0.05) is 17.9 Å². The van der Waals surface area contributed by atoms with Crippen molar-refractivity contribution in [2.24, 2.45) is 0 Å². The summed E-state index contributed by atoms with van der Waals surface area (Å²) < 4.78 is 13.8. The number of amides is 2. The first kappa shape index (κ1) is 20.8. The highest BCUT2D eigenvalue weighted by Crippen LogP contribution is 2.31. The maximum Gasteiger partial charge on any atom is 0.257 e. The fourth-order valence-corrected chi connectivity index (χ4v) is 4.18. The SMILES string of the molecule is Cc1ccccc1NC(=O)C1CC(=O)Nc2nc(SCc3ccccc3F)[nH]c(=O)c21. The summed E-state index contributed by atoms with van der Waals surface area (Å²) in [4.78, 5) is 44.8. The number of halogens is 1. The van der Waals surface area contributed by atoms with Crippen molar-refractivity contribution in [2.45, 2.75) is 30.2 Å². The van der Waals surface area contributed by atoms with Crippen LogP contribution in [0.3, 0.4) is 0 Å². The van der Waals surface area contributed by atoms with E-state index in [4.69, 9.17) is 0 Å². The first-order valence-electron chi connectivity index (χ1n) is 9.59. The smallest absolute Gasteiger partial charge is 0.257 e. The second-order valence-electron chi connectivity index (χ2n) is 7.12. The summed E-state index contributed by atoms with van der Waals surface area (Å²) in [5, 5.41) is 5.59. The lowest BCUT2D eigenvalue weighted by molar-refractivity contribution is -0.123. The van der Waals surface area contributed by atoms with Gasteiger partial charge in [-0.2, -0.15) is 0 Å². The molecule has 2 heterocycles. The third-order valence-electron chi connectivity index (χ3n) is 4.97. The molecule has 3 aromatic rings. The number of aromatic amines is 1. The maximum atomic E-state index is 13.8. The molecule has 1 aliphatic rings. The molecular formula is C22H19FN4O3S. The monoisotopic (exact) mass is 438 g/mol. The molecular weight excluding hydrogens is 419 g/mol. The van der Waals surface area contributed by atoms with Crippen molar-refractivity contribution in [2.75, 3.05) is 10.6 Å². The van der Waals surface area contributed by atoms with Gasteiger partial charge in [0.25, 0.3) is 5.56 Å². The van der Waals surface area contributed by atoms with Crippen molar-refractivity contribution in [3.8, 4) is 0 Å². The summed E-state index contributed by atoms with van der Waals surface area (Å²) in [7, 11) is 0. The van der Waals surface area contributed by atoms with Gasteiger partial charge in [-0.1, -0.05) is 48.2 Å². The highest BCUT2D eigenvalue weighted by Gasteiger charge is 2.35. The van der Waals surface area contributed by atoms with Crippen LogP contribution in [0.1, 0.15) is 29.0 Å².